The fraction of sp³-hybridized carbons (Fsp3) is 0.368. The molecule has 23 heavy (non-hydrogen) atoms. The molecule has 0 N–H and O–H groups in total. The van der Waals surface area contributed by atoms with Crippen LogP contribution in [0.25, 0.3) is 0 Å². The van der Waals surface area contributed by atoms with Gasteiger partial charge in [0.05, 0.1) is 6.10 Å². The minimum absolute atomic E-state index is 0.353. The number of hydrogen-bond donors (Lipinski definition) is 0. The molecule has 0 unspecified atom stereocenters. The first kappa shape index (κ1) is 16.5. The molecule has 0 amide bonds. The van der Waals surface area contributed by atoms with Crippen molar-refractivity contribution in [3.05, 3.63) is 64.1 Å². The van der Waals surface area contributed by atoms with Crippen molar-refractivity contribution in [1.29, 1.82) is 0 Å². The highest BCUT2D eigenvalue weighted by Crippen LogP contribution is 2.30. The van der Waals surface area contributed by atoms with Crippen molar-refractivity contribution in [3.63, 3.8) is 0 Å². The Balaban J connectivity index is 1.69. The number of halogens is 1. The van der Waals surface area contributed by atoms with Crippen LogP contribution < -0.4 is 4.74 Å². The molecule has 1 aliphatic rings. The molecule has 0 bridgehead atoms. The minimum Gasteiger partial charge on any atom is -0.489 e. The molecule has 0 aliphatic carbocycles. The lowest BCUT2D eigenvalue weighted by Gasteiger charge is -2.19. The molecule has 0 spiro atoms. The van der Waals surface area contributed by atoms with Crippen LogP contribution in [0.4, 0.5) is 0 Å². The first-order valence-corrected chi connectivity index (χ1v) is 8.75. The van der Waals surface area contributed by atoms with Gasteiger partial charge in [0.15, 0.2) is 0 Å². The SMILES string of the molecule is CO[C@@H]1CCN(Cc2c(Br)cccc2OCc2ccccc2)C1. The molecule has 2 aromatic carbocycles. The Morgan fingerprint density at radius 1 is 1.13 bits per heavy atom. The minimum atomic E-state index is 0.353. The van der Waals surface area contributed by atoms with Crippen molar-refractivity contribution >= 4 is 15.9 Å². The lowest BCUT2D eigenvalue weighted by atomic mass is 10.2. The highest BCUT2D eigenvalue weighted by atomic mass is 79.9. The van der Waals surface area contributed by atoms with E-state index in [0.717, 1.165) is 36.3 Å². The second-order valence-corrected chi connectivity index (χ2v) is 6.73. The van der Waals surface area contributed by atoms with E-state index < -0.39 is 0 Å². The molecule has 1 heterocycles. The van der Waals surface area contributed by atoms with E-state index in [0.29, 0.717) is 12.7 Å². The van der Waals surface area contributed by atoms with Gasteiger partial charge in [0.25, 0.3) is 0 Å². The number of benzene rings is 2. The van der Waals surface area contributed by atoms with Gasteiger partial charge in [0.1, 0.15) is 12.4 Å². The van der Waals surface area contributed by atoms with Crippen LogP contribution in [-0.4, -0.2) is 31.2 Å². The zero-order chi connectivity index (χ0) is 16.1. The summed E-state index contributed by atoms with van der Waals surface area (Å²) in [7, 11) is 1.79. The van der Waals surface area contributed by atoms with Crippen LogP contribution in [0.1, 0.15) is 17.5 Å². The first-order chi connectivity index (χ1) is 11.3. The van der Waals surface area contributed by atoms with E-state index in [2.05, 4.69) is 39.0 Å². The third-order valence-electron chi connectivity index (χ3n) is 4.26. The van der Waals surface area contributed by atoms with Gasteiger partial charge in [-0.3, -0.25) is 4.90 Å². The Hall–Kier alpha value is -1.36. The summed E-state index contributed by atoms with van der Waals surface area (Å²) >= 11 is 3.67. The van der Waals surface area contributed by atoms with Crippen LogP contribution in [0, 0.1) is 0 Å². The van der Waals surface area contributed by atoms with Gasteiger partial charge in [0.2, 0.25) is 0 Å². The van der Waals surface area contributed by atoms with Crippen molar-refractivity contribution in [1.82, 2.24) is 4.90 Å². The molecule has 1 aliphatic heterocycles. The van der Waals surface area contributed by atoms with Gasteiger partial charge >= 0.3 is 0 Å². The van der Waals surface area contributed by atoms with Crippen LogP contribution in [0.3, 0.4) is 0 Å². The maximum atomic E-state index is 6.08. The summed E-state index contributed by atoms with van der Waals surface area (Å²) in [6.07, 6.45) is 1.45. The summed E-state index contributed by atoms with van der Waals surface area (Å²) in [6.45, 7) is 3.52. The molecular formula is C19H22BrNO2. The Morgan fingerprint density at radius 3 is 2.70 bits per heavy atom. The van der Waals surface area contributed by atoms with E-state index >= 15 is 0 Å². The molecule has 4 heteroatoms. The number of methoxy groups -OCH3 is 1. The fourth-order valence-corrected chi connectivity index (χ4v) is 3.39. The number of rotatable bonds is 6. The first-order valence-electron chi connectivity index (χ1n) is 7.95. The molecule has 1 atom stereocenters. The topological polar surface area (TPSA) is 21.7 Å². The van der Waals surface area contributed by atoms with E-state index in [-0.39, 0.29) is 0 Å². The predicted octanol–water partition coefficient (Wildman–Crippen LogP) is 4.25. The molecule has 122 valence electrons. The Morgan fingerprint density at radius 2 is 1.96 bits per heavy atom. The molecule has 3 rings (SSSR count). The van der Waals surface area contributed by atoms with E-state index in [4.69, 9.17) is 9.47 Å². The monoisotopic (exact) mass is 375 g/mol. The predicted molar refractivity (Wildman–Crippen MR) is 95.6 cm³/mol. The van der Waals surface area contributed by atoms with Gasteiger partial charge in [0, 0.05) is 36.8 Å². The highest BCUT2D eigenvalue weighted by Gasteiger charge is 2.23. The van der Waals surface area contributed by atoms with Crippen LogP contribution in [0.5, 0.6) is 5.75 Å². The smallest absolute Gasteiger partial charge is 0.125 e. The Labute approximate surface area is 146 Å². The number of hydrogen-bond acceptors (Lipinski definition) is 3. The van der Waals surface area contributed by atoms with Gasteiger partial charge in [-0.05, 0) is 24.1 Å². The van der Waals surface area contributed by atoms with E-state index in [1.807, 2.05) is 30.3 Å². The molecule has 0 aromatic heterocycles. The molecule has 0 radical (unpaired) electrons. The maximum absolute atomic E-state index is 6.08. The second kappa shape index (κ2) is 7.95. The third-order valence-corrected chi connectivity index (χ3v) is 5.00. The molecular weight excluding hydrogens is 354 g/mol. The standard InChI is InChI=1S/C19H22BrNO2/c1-22-16-10-11-21(12-16)13-17-18(20)8-5-9-19(17)23-14-15-6-3-2-4-7-15/h2-9,16H,10-14H2,1H3/t16-/m1/s1. The summed E-state index contributed by atoms with van der Waals surface area (Å²) in [4.78, 5) is 2.42. The second-order valence-electron chi connectivity index (χ2n) is 5.87. The van der Waals surface area contributed by atoms with Gasteiger partial charge in [-0.25, -0.2) is 0 Å². The third kappa shape index (κ3) is 4.34. The summed E-state index contributed by atoms with van der Waals surface area (Å²) < 4.78 is 12.6. The summed E-state index contributed by atoms with van der Waals surface area (Å²) in [6, 6.07) is 16.4. The van der Waals surface area contributed by atoms with Crippen molar-refractivity contribution in [2.24, 2.45) is 0 Å². The van der Waals surface area contributed by atoms with E-state index in [1.54, 1.807) is 7.11 Å². The zero-order valence-corrected chi connectivity index (χ0v) is 15.0. The van der Waals surface area contributed by atoms with Crippen molar-refractivity contribution in [3.8, 4) is 5.75 Å². The van der Waals surface area contributed by atoms with Gasteiger partial charge in [-0.1, -0.05) is 52.3 Å². The average molecular weight is 376 g/mol. The zero-order valence-electron chi connectivity index (χ0n) is 13.4. The van der Waals surface area contributed by atoms with Crippen molar-refractivity contribution in [2.45, 2.75) is 25.7 Å². The normalized spacial score (nSPS) is 18.3. The van der Waals surface area contributed by atoms with E-state index in [9.17, 15) is 0 Å². The lowest BCUT2D eigenvalue weighted by Crippen LogP contribution is -2.23. The van der Waals surface area contributed by atoms with Gasteiger partial charge in [-0.2, -0.15) is 0 Å². The lowest BCUT2D eigenvalue weighted by molar-refractivity contribution is 0.107. The Kier molecular flexibility index (Phi) is 5.70. The van der Waals surface area contributed by atoms with Gasteiger partial charge in [-0.15, -0.1) is 0 Å². The Bertz CT molecular complexity index is 633. The molecule has 0 saturated carbocycles. The highest BCUT2D eigenvalue weighted by molar-refractivity contribution is 9.10. The van der Waals surface area contributed by atoms with Crippen molar-refractivity contribution < 1.29 is 9.47 Å². The quantitative estimate of drug-likeness (QED) is 0.753. The summed E-state index contributed by atoms with van der Waals surface area (Å²) in [5.41, 5.74) is 2.39. The fourth-order valence-electron chi connectivity index (χ4n) is 2.92. The van der Waals surface area contributed by atoms with Crippen molar-refractivity contribution in [2.75, 3.05) is 20.2 Å². The number of nitrogens with zero attached hydrogens (tertiary/aromatic N) is 1. The summed E-state index contributed by atoms with van der Waals surface area (Å²) in [5.74, 6) is 0.948. The average Bonchev–Trinajstić information content (AvgIpc) is 3.04. The molecule has 1 saturated heterocycles. The van der Waals surface area contributed by atoms with Crippen LogP contribution in [0.15, 0.2) is 53.0 Å². The van der Waals surface area contributed by atoms with Gasteiger partial charge < -0.3 is 9.47 Å². The van der Waals surface area contributed by atoms with Crippen LogP contribution in [-0.2, 0) is 17.9 Å². The number of ether oxygens (including phenoxy) is 2. The largest absolute Gasteiger partial charge is 0.489 e. The molecule has 2 aromatic rings. The maximum Gasteiger partial charge on any atom is 0.125 e. The van der Waals surface area contributed by atoms with E-state index in [1.165, 1.54) is 11.1 Å². The van der Waals surface area contributed by atoms with Crippen LogP contribution in [0.2, 0.25) is 0 Å². The molecule has 3 nitrogen and oxygen atoms in total. The number of likely N-dealkylation sites (tertiary alicyclic amines) is 1. The molecule has 1 fully saturated rings. The van der Waals surface area contributed by atoms with Crippen LogP contribution >= 0.6 is 15.9 Å². The summed E-state index contributed by atoms with van der Waals surface area (Å²) in [5, 5.41) is 0.